The lowest BCUT2D eigenvalue weighted by Crippen LogP contribution is -2.60. The maximum Gasteiger partial charge on any atom is 0.335 e. The number of aliphatic hydroxyl groups is 3. The monoisotopic (exact) mass is 298 g/mol. The van der Waals surface area contributed by atoms with Crippen molar-refractivity contribution < 1.29 is 30.0 Å². The second-order valence-electron chi connectivity index (χ2n) is 4.74. The first kappa shape index (κ1) is 17.1. The molecule has 7 heteroatoms. The Bertz CT molecular complexity index is 450. The molecule has 0 bridgehead atoms. The van der Waals surface area contributed by atoms with Gasteiger partial charge in [0.15, 0.2) is 17.4 Å². The zero-order chi connectivity index (χ0) is 14.0. The fourth-order valence-electron chi connectivity index (χ4n) is 2.13. The summed E-state index contributed by atoms with van der Waals surface area (Å²) in [4.78, 5) is 10.7. The number of hydrogen-bond acceptors (Lipinski definition) is 5. The van der Waals surface area contributed by atoms with Gasteiger partial charge < -0.3 is 25.2 Å². The summed E-state index contributed by atoms with van der Waals surface area (Å²) < 4.78 is 4.94. The van der Waals surface area contributed by atoms with Gasteiger partial charge in [-0.1, -0.05) is 12.1 Å². The van der Waals surface area contributed by atoms with Gasteiger partial charge in [0, 0.05) is 6.42 Å². The summed E-state index contributed by atoms with van der Waals surface area (Å²) in [5.41, 5.74) is -0.903. The Morgan fingerprint density at radius 2 is 1.70 bits per heavy atom. The van der Waals surface area contributed by atoms with Crippen LogP contribution < -0.4 is 0 Å². The van der Waals surface area contributed by atoms with E-state index in [1.807, 2.05) is 0 Å². The van der Waals surface area contributed by atoms with Crippen LogP contribution in [0.1, 0.15) is 15.9 Å². The number of aliphatic hydroxyl groups excluding tert-OH is 2. The number of hydrogen-bond donors (Lipinski definition) is 4. The van der Waals surface area contributed by atoms with Crippen LogP contribution in [0.5, 0.6) is 0 Å². The molecule has 1 aromatic carbocycles. The first-order chi connectivity index (χ1) is 8.93. The smallest absolute Gasteiger partial charge is 0.335 e. The number of aromatic carboxylic acids is 1. The maximum atomic E-state index is 10.7. The van der Waals surface area contributed by atoms with E-state index < -0.39 is 23.8 Å². The van der Waals surface area contributed by atoms with E-state index in [0.29, 0.717) is 5.56 Å². The number of carbonyl (C=O) groups is 1. The van der Waals surface area contributed by atoms with Gasteiger partial charge in [0.25, 0.3) is 0 Å². The quantitative estimate of drug-likeness (QED) is 0.492. The van der Waals surface area contributed by atoms with Gasteiger partial charge in [0.2, 0.25) is 0 Å². The second-order valence-corrected chi connectivity index (χ2v) is 4.74. The van der Waals surface area contributed by atoms with E-state index in [9.17, 15) is 20.1 Å². The minimum Gasteiger partial charge on any atom is -0.478 e. The highest BCUT2D eigenvalue weighted by Crippen LogP contribution is 2.26. The molecule has 1 aliphatic heterocycles. The highest BCUT2D eigenvalue weighted by Gasteiger charge is 2.45. The van der Waals surface area contributed by atoms with E-state index >= 15 is 0 Å². The normalized spacial score (nSPS) is 29.6. The zero-order valence-electron chi connectivity index (χ0n) is 10.2. The van der Waals surface area contributed by atoms with Crippen LogP contribution in [0.4, 0.5) is 0 Å². The van der Waals surface area contributed by atoms with E-state index in [2.05, 4.69) is 0 Å². The minimum atomic E-state index is -1.68. The first-order valence-electron chi connectivity index (χ1n) is 5.92. The SMILES string of the molecule is O=C(O)c1ccc(C[C@@]2(O)[C@H](O)COC[C@@H]2O)cc1.[AlH3]. The van der Waals surface area contributed by atoms with Crippen molar-refractivity contribution in [3.63, 3.8) is 0 Å². The Morgan fingerprint density at radius 3 is 2.15 bits per heavy atom. The van der Waals surface area contributed by atoms with Gasteiger partial charge in [0.1, 0.15) is 17.8 Å². The molecular weight excluding hydrogens is 279 g/mol. The van der Waals surface area contributed by atoms with Gasteiger partial charge in [-0.3, -0.25) is 0 Å². The Labute approximate surface area is 126 Å². The molecule has 1 heterocycles. The van der Waals surface area contributed by atoms with E-state index in [0.717, 1.165) is 0 Å². The number of ether oxygens (including phenoxy) is 1. The molecule has 1 aliphatic rings. The molecular formula is C13H19AlO6. The number of carboxylic acid groups (broad SMARTS) is 1. The van der Waals surface area contributed by atoms with E-state index in [4.69, 9.17) is 9.84 Å². The molecule has 20 heavy (non-hydrogen) atoms. The molecule has 3 atom stereocenters. The van der Waals surface area contributed by atoms with Crippen LogP contribution in [0.15, 0.2) is 24.3 Å². The predicted octanol–water partition coefficient (Wildman–Crippen LogP) is -1.77. The summed E-state index contributed by atoms with van der Waals surface area (Å²) in [6, 6.07) is 5.94. The third kappa shape index (κ3) is 3.38. The van der Waals surface area contributed by atoms with Gasteiger partial charge in [-0.05, 0) is 17.7 Å². The van der Waals surface area contributed by atoms with Gasteiger partial charge in [-0.2, -0.15) is 0 Å². The Kier molecular flexibility index (Phi) is 5.71. The maximum absolute atomic E-state index is 10.7. The Balaban J connectivity index is 0.00000200. The summed E-state index contributed by atoms with van der Waals surface area (Å²) in [5, 5.41) is 38.7. The first-order valence-corrected chi connectivity index (χ1v) is 5.92. The van der Waals surface area contributed by atoms with Gasteiger partial charge in [0.05, 0.1) is 18.8 Å². The van der Waals surface area contributed by atoms with Crippen molar-refractivity contribution in [3.05, 3.63) is 35.4 Å². The van der Waals surface area contributed by atoms with Crippen LogP contribution in [0.25, 0.3) is 0 Å². The third-order valence-electron chi connectivity index (χ3n) is 3.39. The lowest BCUT2D eigenvalue weighted by Gasteiger charge is -2.40. The molecule has 1 fully saturated rings. The largest absolute Gasteiger partial charge is 0.478 e. The minimum absolute atomic E-state index is 0. The summed E-state index contributed by atoms with van der Waals surface area (Å²) in [5.74, 6) is -1.03. The van der Waals surface area contributed by atoms with Crippen molar-refractivity contribution in [2.24, 2.45) is 0 Å². The summed E-state index contributed by atoms with van der Waals surface area (Å²) in [6.07, 6.45) is -2.34. The van der Waals surface area contributed by atoms with Crippen LogP contribution in [0.2, 0.25) is 0 Å². The molecule has 0 saturated carbocycles. The van der Waals surface area contributed by atoms with E-state index in [1.165, 1.54) is 12.1 Å². The Morgan fingerprint density at radius 1 is 1.20 bits per heavy atom. The lowest BCUT2D eigenvalue weighted by atomic mass is 9.83. The highest BCUT2D eigenvalue weighted by molar-refractivity contribution is 5.87. The molecule has 1 saturated heterocycles. The van der Waals surface area contributed by atoms with E-state index in [-0.39, 0.29) is 42.6 Å². The second kappa shape index (κ2) is 6.68. The molecule has 1 aromatic rings. The number of benzene rings is 1. The van der Waals surface area contributed by atoms with Crippen LogP contribution in [-0.4, -0.2) is 74.8 Å². The van der Waals surface area contributed by atoms with E-state index in [1.54, 1.807) is 12.1 Å². The molecule has 110 valence electrons. The molecule has 0 spiro atoms. The van der Waals surface area contributed by atoms with Crippen LogP contribution in [-0.2, 0) is 11.2 Å². The summed E-state index contributed by atoms with van der Waals surface area (Å²) >= 11 is 0. The van der Waals surface area contributed by atoms with Gasteiger partial charge in [-0.25, -0.2) is 4.79 Å². The summed E-state index contributed by atoms with van der Waals surface area (Å²) in [6.45, 7) is -0.0818. The number of rotatable bonds is 3. The van der Waals surface area contributed by atoms with Crippen molar-refractivity contribution in [1.29, 1.82) is 0 Å². The van der Waals surface area contributed by atoms with Crippen LogP contribution in [0.3, 0.4) is 0 Å². The number of carboxylic acids is 1. The molecule has 0 amide bonds. The molecule has 4 N–H and O–H groups in total. The van der Waals surface area contributed by atoms with Crippen molar-refractivity contribution >= 4 is 23.3 Å². The van der Waals surface area contributed by atoms with Crippen molar-refractivity contribution in [1.82, 2.24) is 0 Å². The molecule has 6 nitrogen and oxygen atoms in total. The zero-order valence-corrected chi connectivity index (χ0v) is 10.2. The molecule has 0 unspecified atom stereocenters. The highest BCUT2D eigenvalue weighted by atomic mass is 27.0. The van der Waals surface area contributed by atoms with Crippen molar-refractivity contribution in [3.8, 4) is 0 Å². The fraction of sp³-hybridized carbons (Fsp3) is 0.462. The van der Waals surface area contributed by atoms with Gasteiger partial charge >= 0.3 is 5.97 Å². The topological polar surface area (TPSA) is 107 Å². The molecule has 0 aliphatic carbocycles. The van der Waals surface area contributed by atoms with Crippen molar-refractivity contribution in [2.75, 3.05) is 13.2 Å². The third-order valence-corrected chi connectivity index (χ3v) is 3.39. The lowest BCUT2D eigenvalue weighted by molar-refractivity contribution is -0.212. The van der Waals surface area contributed by atoms with Gasteiger partial charge in [-0.15, -0.1) is 0 Å². The predicted molar refractivity (Wildman–Crippen MR) is 74.8 cm³/mol. The fourth-order valence-corrected chi connectivity index (χ4v) is 2.13. The van der Waals surface area contributed by atoms with Crippen molar-refractivity contribution in [2.45, 2.75) is 24.2 Å². The standard InChI is InChI=1S/C13H16O6.Al.3H/c14-10-6-19-7-11(15)13(10,18)5-8-1-3-9(4-2-8)12(16)17;;;;/h1-4,10-11,14-15,18H,5-7H2,(H,16,17);;;;/t10-,11+,13-;;;;. The molecule has 0 aromatic heterocycles. The molecule has 2 rings (SSSR count). The average molecular weight is 298 g/mol. The van der Waals surface area contributed by atoms with Crippen LogP contribution in [0, 0.1) is 0 Å². The molecule has 0 radical (unpaired) electrons. The van der Waals surface area contributed by atoms with Crippen LogP contribution >= 0.6 is 0 Å². The average Bonchev–Trinajstić information content (AvgIpc) is 2.37. The Hall–Kier alpha value is -0.938. The summed E-state index contributed by atoms with van der Waals surface area (Å²) in [7, 11) is 0.